The summed E-state index contributed by atoms with van der Waals surface area (Å²) in [6.45, 7) is 6.13. The quantitative estimate of drug-likeness (QED) is 0.575. The number of nitrogens with one attached hydrogen (secondary N) is 1. The molecule has 1 aliphatic carbocycles. The van der Waals surface area contributed by atoms with Crippen LogP contribution in [-0.2, 0) is 5.54 Å². The molecule has 0 saturated heterocycles. The van der Waals surface area contributed by atoms with Crippen molar-refractivity contribution in [2.75, 3.05) is 12.4 Å². The predicted octanol–water partition coefficient (Wildman–Crippen LogP) is 5.51. The van der Waals surface area contributed by atoms with Crippen LogP contribution in [0.2, 0.25) is 0 Å². The van der Waals surface area contributed by atoms with Gasteiger partial charge in [-0.2, -0.15) is 0 Å². The van der Waals surface area contributed by atoms with Gasteiger partial charge in [0.2, 0.25) is 11.6 Å². The van der Waals surface area contributed by atoms with E-state index in [2.05, 4.69) is 19.2 Å². The molecule has 3 aromatic carbocycles. The molecule has 1 N–H and O–H groups in total. The lowest BCUT2D eigenvalue weighted by Crippen LogP contribution is -2.46. The summed E-state index contributed by atoms with van der Waals surface area (Å²) in [6, 6.07) is 20.2. The SMILES string of the molecule is COc1cc(C)c(NC2(c3ccccc3)C(=O)c3ccccc3C2=O)cc1C(C)C. The fourth-order valence-electron chi connectivity index (χ4n) is 4.19. The van der Waals surface area contributed by atoms with Gasteiger partial charge in [-0.1, -0.05) is 68.4 Å². The summed E-state index contributed by atoms with van der Waals surface area (Å²) in [5.41, 5.74) is 2.73. The first-order valence-corrected chi connectivity index (χ1v) is 10.1. The molecular formula is C26H25NO3. The van der Waals surface area contributed by atoms with Crippen LogP contribution in [0.3, 0.4) is 0 Å². The molecule has 30 heavy (non-hydrogen) atoms. The molecule has 4 nitrogen and oxygen atoms in total. The van der Waals surface area contributed by atoms with Crippen LogP contribution in [0.1, 0.15) is 57.2 Å². The molecule has 1 aliphatic rings. The van der Waals surface area contributed by atoms with Crippen LogP contribution in [0.5, 0.6) is 5.75 Å². The number of hydrogen-bond donors (Lipinski definition) is 1. The van der Waals surface area contributed by atoms with Gasteiger partial charge in [0.25, 0.3) is 0 Å². The predicted molar refractivity (Wildman–Crippen MR) is 119 cm³/mol. The highest BCUT2D eigenvalue weighted by Gasteiger charge is 2.54. The van der Waals surface area contributed by atoms with Gasteiger partial charge in [-0.05, 0) is 41.7 Å². The van der Waals surface area contributed by atoms with Gasteiger partial charge in [0, 0.05) is 16.8 Å². The Morgan fingerprint density at radius 3 is 1.97 bits per heavy atom. The molecule has 0 fully saturated rings. The van der Waals surface area contributed by atoms with E-state index < -0.39 is 5.54 Å². The number of ether oxygens (including phenoxy) is 1. The molecule has 0 aromatic heterocycles. The minimum absolute atomic E-state index is 0.223. The number of hydrogen-bond acceptors (Lipinski definition) is 4. The molecular weight excluding hydrogens is 374 g/mol. The van der Waals surface area contributed by atoms with Crippen LogP contribution in [-0.4, -0.2) is 18.7 Å². The standard InChI is InChI=1S/C26H25NO3/c1-16(2)21-15-22(17(3)14-23(21)30-4)27-26(18-10-6-5-7-11-18)24(28)19-12-8-9-13-20(19)25(26)29/h5-16,27H,1-4H3. The Labute approximate surface area is 176 Å². The molecule has 0 radical (unpaired) electrons. The normalized spacial score (nSPS) is 14.7. The molecule has 0 bridgehead atoms. The Morgan fingerprint density at radius 1 is 0.867 bits per heavy atom. The van der Waals surface area contributed by atoms with Gasteiger partial charge in [0.1, 0.15) is 5.75 Å². The van der Waals surface area contributed by atoms with Crippen molar-refractivity contribution in [2.45, 2.75) is 32.2 Å². The number of aryl methyl sites for hydroxylation is 1. The molecule has 152 valence electrons. The lowest BCUT2D eigenvalue weighted by Gasteiger charge is -2.30. The summed E-state index contributed by atoms with van der Waals surface area (Å²) in [5.74, 6) is 0.571. The Morgan fingerprint density at radius 2 is 1.43 bits per heavy atom. The Kier molecular flexibility index (Phi) is 4.94. The molecule has 0 amide bonds. The van der Waals surface area contributed by atoms with E-state index >= 15 is 0 Å². The Hall–Kier alpha value is -3.40. The summed E-state index contributed by atoms with van der Waals surface area (Å²) in [7, 11) is 1.65. The molecule has 0 heterocycles. The monoisotopic (exact) mass is 399 g/mol. The lowest BCUT2D eigenvalue weighted by atomic mass is 9.84. The minimum atomic E-state index is -1.49. The molecule has 0 saturated carbocycles. The van der Waals surface area contributed by atoms with Crippen LogP contribution in [0.25, 0.3) is 0 Å². The molecule has 4 heteroatoms. The lowest BCUT2D eigenvalue weighted by molar-refractivity contribution is 0.0819. The highest BCUT2D eigenvalue weighted by Crippen LogP contribution is 2.42. The van der Waals surface area contributed by atoms with Gasteiger partial charge in [-0.15, -0.1) is 0 Å². The molecule has 0 aliphatic heterocycles. The molecule has 0 spiro atoms. The number of carbonyl (C=O) groups is 2. The maximum absolute atomic E-state index is 13.7. The largest absolute Gasteiger partial charge is 0.496 e. The zero-order valence-electron chi connectivity index (χ0n) is 17.7. The highest BCUT2D eigenvalue weighted by molar-refractivity contribution is 6.34. The third-order valence-corrected chi connectivity index (χ3v) is 5.83. The first-order valence-electron chi connectivity index (χ1n) is 10.1. The van der Waals surface area contributed by atoms with Gasteiger partial charge in [-0.25, -0.2) is 0 Å². The third-order valence-electron chi connectivity index (χ3n) is 5.83. The average Bonchev–Trinajstić information content (AvgIpc) is 2.98. The number of Topliss-reactive ketones (excluding diaryl/α,β-unsaturated/α-hetero) is 2. The van der Waals surface area contributed by atoms with Crippen molar-refractivity contribution in [1.29, 1.82) is 0 Å². The number of rotatable bonds is 5. The van der Waals surface area contributed by atoms with Gasteiger partial charge < -0.3 is 10.1 Å². The van der Waals surface area contributed by atoms with Crippen molar-refractivity contribution in [2.24, 2.45) is 0 Å². The highest BCUT2D eigenvalue weighted by atomic mass is 16.5. The average molecular weight is 399 g/mol. The number of carbonyl (C=O) groups excluding carboxylic acids is 2. The van der Waals surface area contributed by atoms with E-state index in [1.165, 1.54) is 0 Å². The smallest absolute Gasteiger partial charge is 0.201 e. The van der Waals surface area contributed by atoms with Crippen molar-refractivity contribution >= 4 is 17.3 Å². The van der Waals surface area contributed by atoms with Crippen molar-refractivity contribution in [3.63, 3.8) is 0 Å². The second-order valence-electron chi connectivity index (χ2n) is 8.01. The second-order valence-corrected chi connectivity index (χ2v) is 8.01. The number of ketones is 2. The first-order chi connectivity index (χ1) is 14.4. The first kappa shape index (κ1) is 19.9. The maximum atomic E-state index is 13.7. The third kappa shape index (κ3) is 2.91. The second kappa shape index (κ2) is 7.45. The zero-order chi connectivity index (χ0) is 21.5. The van der Waals surface area contributed by atoms with Gasteiger partial charge in [0.05, 0.1) is 7.11 Å². The fraction of sp³-hybridized carbons (Fsp3) is 0.231. The number of fused-ring (bicyclic) bond motifs is 1. The molecule has 0 atom stereocenters. The van der Waals surface area contributed by atoms with E-state index in [0.29, 0.717) is 16.7 Å². The number of benzene rings is 3. The van der Waals surface area contributed by atoms with Crippen LogP contribution >= 0.6 is 0 Å². The molecule has 0 unspecified atom stereocenters. The van der Waals surface area contributed by atoms with E-state index in [4.69, 9.17) is 4.74 Å². The number of methoxy groups -OCH3 is 1. The maximum Gasteiger partial charge on any atom is 0.201 e. The van der Waals surface area contributed by atoms with Crippen molar-refractivity contribution < 1.29 is 14.3 Å². The van der Waals surface area contributed by atoms with Crippen LogP contribution in [0.4, 0.5) is 5.69 Å². The molecule has 4 rings (SSSR count). The summed E-state index contributed by atoms with van der Waals surface area (Å²) < 4.78 is 5.55. The van der Waals surface area contributed by atoms with Gasteiger partial charge in [0.15, 0.2) is 5.54 Å². The van der Waals surface area contributed by atoms with Crippen LogP contribution in [0, 0.1) is 6.92 Å². The van der Waals surface area contributed by atoms with Crippen molar-refractivity contribution in [3.05, 3.63) is 94.5 Å². The fourth-order valence-corrected chi connectivity index (χ4v) is 4.19. The van der Waals surface area contributed by atoms with Gasteiger partial charge >= 0.3 is 0 Å². The Balaban J connectivity index is 1.92. The van der Waals surface area contributed by atoms with E-state index in [0.717, 1.165) is 22.6 Å². The Bertz CT molecular complexity index is 1100. The zero-order valence-corrected chi connectivity index (χ0v) is 17.7. The number of anilines is 1. The molecule has 3 aromatic rings. The summed E-state index contributed by atoms with van der Waals surface area (Å²) in [4.78, 5) is 27.4. The van der Waals surface area contributed by atoms with E-state index in [1.54, 1.807) is 31.4 Å². The van der Waals surface area contributed by atoms with Gasteiger partial charge in [-0.3, -0.25) is 9.59 Å². The summed E-state index contributed by atoms with van der Waals surface area (Å²) in [6.07, 6.45) is 0. The summed E-state index contributed by atoms with van der Waals surface area (Å²) >= 11 is 0. The summed E-state index contributed by atoms with van der Waals surface area (Å²) in [5, 5.41) is 3.38. The topological polar surface area (TPSA) is 55.4 Å². The van der Waals surface area contributed by atoms with Crippen LogP contribution < -0.4 is 10.1 Å². The van der Waals surface area contributed by atoms with Crippen molar-refractivity contribution in [3.8, 4) is 5.75 Å². The van der Waals surface area contributed by atoms with Crippen molar-refractivity contribution in [1.82, 2.24) is 0 Å². The van der Waals surface area contributed by atoms with Crippen LogP contribution in [0.15, 0.2) is 66.7 Å². The van der Waals surface area contributed by atoms with E-state index in [9.17, 15) is 9.59 Å². The minimum Gasteiger partial charge on any atom is -0.496 e. The van der Waals surface area contributed by atoms with E-state index in [1.807, 2.05) is 49.4 Å². The van der Waals surface area contributed by atoms with E-state index in [-0.39, 0.29) is 17.5 Å².